The lowest BCUT2D eigenvalue weighted by Gasteiger charge is -2.18. The van der Waals surface area contributed by atoms with Crippen molar-refractivity contribution in [2.45, 2.75) is 19.8 Å². The van der Waals surface area contributed by atoms with E-state index < -0.39 is 7.14 Å². The van der Waals surface area contributed by atoms with Gasteiger partial charge in [-0.3, -0.25) is 0 Å². The molecule has 18 heavy (non-hydrogen) atoms. The van der Waals surface area contributed by atoms with Crippen LogP contribution in [0.15, 0.2) is 24.3 Å². The zero-order valence-electron chi connectivity index (χ0n) is 11.2. The van der Waals surface area contributed by atoms with Crippen LogP contribution < -0.4 is 5.30 Å². The number of benzene rings is 1. The Morgan fingerprint density at radius 3 is 2.39 bits per heavy atom. The first-order chi connectivity index (χ1) is 8.30. The lowest BCUT2D eigenvalue weighted by atomic mass is 10.0. The summed E-state index contributed by atoms with van der Waals surface area (Å²) in [6.07, 6.45) is 0. The molecule has 2 nitrogen and oxygen atoms in total. The fourth-order valence-electron chi connectivity index (χ4n) is 2.30. The molecule has 0 fully saturated rings. The molecule has 4 heteroatoms. The maximum Gasteiger partial charge on any atom is 0.110 e. The van der Waals surface area contributed by atoms with Gasteiger partial charge in [-0.2, -0.15) is 0 Å². The van der Waals surface area contributed by atoms with Crippen LogP contribution in [0.3, 0.4) is 0 Å². The lowest BCUT2D eigenvalue weighted by molar-refractivity contribution is 0.588. The number of rotatable bonds is 2. The zero-order chi connectivity index (χ0) is 13.5. The molecule has 0 bridgehead atoms. The van der Waals surface area contributed by atoms with Crippen molar-refractivity contribution < 1.29 is 4.57 Å². The number of fused-ring (bicyclic) bond motifs is 1. The van der Waals surface area contributed by atoms with E-state index in [0.29, 0.717) is 10.6 Å². The predicted molar refractivity (Wildman–Crippen MR) is 82.3 cm³/mol. The lowest BCUT2D eigenvalue weighted by Crippen LogP contribution is -2.13. The fourth-order valence-corrected chi connectivity index (χ4v) is 4.21. The van der Waals surface area contributed by atoms with Crippen LogP contribution in [0.1, 0.15) is 25.3 Å². The number of aromatic amines is 1. The SMILES string of the molecule is CC(C)c1ccc2[nH]c(=S)ccc2c1P(C)(C)=O. The summed E-state index contributed by atoms with van der Waals surface area (Å²) in [4.78, 5) is 3.16. The van der Waals surface area contributed by atoms with Gasteiger partial charge in [-0.15, -0.1) is 0 Å². The van der Waals surface area contributed by atoms with Crippen LogP contribution in [-0.2, 0) is 4.57 Å². The van der Waals surface area contributed by atoms with Crippen molar-refractivity contribution in [3.05, 3.63) is 34.5 Å². The summed E-state index contributed by atoms with van der Waals surface area (Å²) in [6, 6.07) is 7.93. The number of hydrogen-bond donors (Lipinski definition) is 1. The maximum absolute atomic E-state index is 12.6. The first-order valence-electron chi connectivity index (χ1n) is 6.02. The Bertz CT molecular complexity index is 696. The smallest absolute Gasteiger partial charge is 0.110 e. The third-order valence-corrected chi connectivity index (χ3v) is 4.88. The van der Waals surface area contributed by atoms with Gasteiger partial charge in [0.15, 0.2) is 0 Å². The van der Waals surface area contributed by atoms with E-state index in [0.717, 1.165) is 16.2 Å². The molecule has 0 saturated carbocycles. The van der Waals surface area contributed by atoms with Crippen molar-refractivity contribution in [3.8, 4) is 0 Å². The molecule has 1 heterocycles. The normalized spacial score (nSPS) is 12.3. The Kier molecular flexibility index (Phi) is 3.48. The third-order valence-electron chi connectivity index (χ3n) is 3.07. The Hall–Kier alpha value is -0.920. The molecule has 0 atom stereocenters. The van der Waals surface area contributed by atoms with Gasteiger partial charge in [0.25, 0.3) is 0 Å². The molecule has 2 rings (SSSR count). The molecule has 1 aromatic carbocycles. The molecular weight excluding hydrogens is 261 g/mol. The van der Waals surface area contributed by atoms with E-state index >= 15 is 0 Å². The van der Waals surface area contributed by atoms with Gasteiger partial charge in [0.05, 0.1) is 0 Å². The van der Waals surface area contributed by atoms with Crippen molar-refractivity contribution >= 4 is 35.6 Å². The van der Waals surface area contributed by atoms with E-state index in [1.54, 1.807) is 0 Å². The summed E-state index contributed by atoms with van der Waals surface area (Å²) >= 11 is 5.14. The molecule has 0 spiro atoms. The molecule has 1 N–H and O–H groups in total. The first-order valence-corrected chi connectivity index (χ1v) is 9.03. The zero-order valence-corrected chi connectivity index (χ0v) is 12.9. The fraction of sp³-hybridized carbons (Fsp3) is 0.357. The second-order valence-corrected chi connectivity index (χ2v) is 8.88. The van der Waals surface area contributed by atoms with Crippen molar-refractivity contribution in [1.82, 2.24) is 4.98 Å². The third kappa shape index (κ3) is 2.43. The van der Waals surface area contributed by atoms with Gasteiger partial charge >= 0.3 is 0 Å². The minimum atomic E-state index is -2.32. The van der Waals surface area contributed by atoms with Crippen LogP contribution in [0.2, 0.25) is 0 Å². The molecule has 0 aliphatic carbocycles. The van der Waals surface area contributed by atoms with Crippen LogP contribution in [-0.4, -0.2) is 18.3 Å². The number of H-pyrrole nitrogens is 1. The Morgan fingerprint density at radius 2 is 1.83 bits per heavy atom. The molecule has 2 aromatic rings. The summed E-state index contributed by atoms with van der Waals surface area (Å²) in [7, 11) is -2.32. The quantitative estimate of drug-likeness (QED) is 0.658. The van der Waals surface area contributed by atoms with Gasteiger partial charge in [0.2, 0.25) is 0 Å². The van der Waals surface area contributed by atoms with Crippen LogP contribution in [0.5, 0.6) is 0 Å². The molecule has 0 amide bonds. The van der Waals surface area contributed by atoms with E-state index in [1.165, 1.54) is 5.56 Å². The van der Waals surface area contributed by atoms with E-state index in [1.807, 2.05) is 31.5 Å². The summed E-state index contributed by atoms with van der Waals surface area (Å²) in [5, 5.41) is 2.02. The Labute approximate surface area is 113 Å². The standard InChI is InChI=1S/C14H18NOPS/c1-9(2)10-5-7-12-11(6-8-13(18)15-12)14(10)17(3,4)16/h5-9H,1-4H3,(H,15,18). The highest BCUT2D eigenvalue weighted by Gasteiger charge is 2.21. The molecule has 0 saturated heterocycles. The molecule has 0 unspecified atom stereocenters. The average Bonchev–Trinajstić information content (AvgIpc) is 2.25. The summed E-state index contributed by atoms with van der Waals surface area (Å²) in [5.41, 5.74) is 2.13. The topological polar surface area (TPSA) is 32.9 Å². The summed E-state index contributed by atoms with van der Waals surface area (Å²) in [6.45, 7) is 7.92. The molecule has 0 aliphatic rings. The van der Waals surface area contributed by atoms with E-state index in [-0.39, 0.29) is 0 Å². The van der Waals surface area contributed by atoms with E-state index in [2.05, 4.69) is 24.9 Å². The van der Waals surface area contributed by atoms with Gasteiger partial charge < -0.3 is 9.55 Å². The number of nitrogens with one attached hydrogen (secondary N) is 1. The first kappa shape index (κ1) is 13.5. The monoisotopic (exact) mass is 279 g/mol. The highest BCUT2D eigenvalue weighted by molar-refractivity contribution is 7.71. The Morgan fingerprint density at radius 1 is 1.17 bits per heavy atom. The minimum Gasteiger partial charge on any atom is -0.346 e. The molecular formula is C14H18NOPS. The molecule has 0 aliphatic heterocycles. The summed E-state index contributed by atoms with van der Waals surface area (Å²) < 4.78 is 13.3. The van der Waals surface area contributed by atoms with Gasteiger partial charge in [-0.05, 0) is 43.0 Å². The molecule has 0 radical (unpaired) electrons. The number of aromatic nitrogens is 1. The summed E-state index contributed by atoms with van der Waals surface area (Å²) in [5.74, 6) is 0.362. The van der Waals surface area contributed by atoms with Gasteiger partial charge in [0, 0.05) is 16.2 Å². The second kappa shape index (κ2) is 4.64. The second-order valence-electron chi connectivity index (χ2n) is 5.29. The van der Waals surface area contributed by atoms with Crippen molar-refractivity contribution in [2.24, 2.45) is 0 Å². The van der Waals surface area contributed by atoms with Crippen LogP contribution in [0.25, 0.3) is 10.9 Å². The largest absolute Gasteiger partial charge is 0.346 e. The Balaban J connectivity index is 2.95. The van der Waals surface area contributed by atoms with E-state index in [4.69, 9.17) is 12.2 Å². The minimum absolute atomic E-state index is 0.362. The highest BCUT2D eigenvalue weighted by atomic mass is 32.1. The molecule has 1 aromatic heterocycles. The molecule has 96 valence electrons. The van der Waals surface area contributed by atoms with Gasteiger partial charge in [0.1, 0.15) is 11.8 Å². The number of pyridine rings is 1. The maximum atomic E-state index is 12.6. The number of hydrogen-bond acceptors (Lipinski definition) is 2. The predicted octanol–water partition coefficient (Wildman–Crippen LogP) is 4.27. The van der Waals surface area contributed by atoms with Crippen LogP contribution in [0, 0.1) is 4.64 Å². The van der Waals surface area contributed by atoms with Gasteiger partial charge in [-0.25, -0.2) is 0 Å². The van der Waals surface area contributed by atoms with Crippen molar-refractivity contribution in [1.29, 1.82) is 0 Å². The van der Waals surface area contributed by atoms with Crippen LogP contribution in [0.4, 0.5) is 0 Å². The average molecular weight is 279 g/mol. The van der Waals surface area contributed by atoms with Gasteiger partial charge in [-0.1, -0.05) is 32.1 Å². The van der Waals surface area contributed by atoms with Crippen LogP contribution >= 0.6 is 19.4 Å². The van der Waals surface area contributed by atoms with E-state index in [9.17, 15) is 4.57 Å². The highest BCUT2D eigenvalue weighted by Crippen LogP contribution is 2.40. The van der Waals surface area contributed by atoms with Crippen molar-refractivity contribution in [3.63, 3.8) is 0 Å². The van der Waals surface area contributed by atoms with Crippen molar-refractivity contribution in [2.75, 3.05) is 13.3 Å².